The van der Waals surface area contributed by atoms with E-state index >= 15 is 0 Å². The molecule has 2 amide bonds. The number of carbonyl (C=O) groups excluding carboxylic acids is 2. The van der Waals surface area contributed by atoms with Crippen molar-refractivity contribution in [2.45, 2.75) is 18.6 Å². The van der Waals surface area contributed by atoms with Gasteiger partial charge in [-0.15, -0.1) is 0 Å². The Morgan fingerprint density at radius 2 is 1.94 bits per heavy atom. The Morgan fingerprint density at radius 3 is 2.68 bits per heavy atom. The van der Waals surface area contributed by atoms with Gasteiger partial charge >= 0.3 is 6.18 Å². The van der Waals surface area contributed by atoms with Gasteiger partial charge in [-0.2, -0.15) is 13.2 Å². The molecule has 0 saturated heterocycles. The molecule has 10 heteroatoms. The molecule has 0 saturated carbocycles. The first kappa shape index (κ1) is 20.5. The molecule has 1 atom stereocenters. The van der Waals surface area contributed by atoms with Gasteiger partial charge in [-0.1, -0.05) is 35.5 Å². The zero-order chi connectivity index (χ0) is 22.0. The maximum atomic E-state index is 12.9. The van der Waals surface area contributed by atoms with E-state index in [4.69, 9.17) is 9.26 Å². The number of hydrogen-bond donors (Lipinski definition) is 2. The summed E-state index contributed by atoms with van der Waals surface area (Å²) in [7, 11) is 0. The maximum absolute atomic E-state index is 12.9. The van der Waals surface area contributed by atoms with Crippen molar-refractivity contribution in [3.63, 3.8) is 0 Å². The van der Waals surface area contributed by atoms with Crippen LogP contribution in [0.5, 0.6) is 5.75 Å². The standard InChI is InChI=1S/C21H16F3N3O4/c22-21(23,24)13-6-7-18-15(9-13)25-20(29)17(11-30-18)26-19(28)16-10-14(31-27-16)8-12-4-2-1-3-5-12/h1-7,9-10,17H,8,11H2,(H,25,29)(H,26,28)/t17-/m0/s1. The Hall–Kier alpha value is -3.82. The Kier molecular flexibility index (Phi) is 5.37. The highest BCUT2D eigenvalue weighted by Gasteiger charge is 2.33. The molecule has 4 rings (SSSR count). The zero-order valence-electron chi connectivity index (χ0n) is 15.9. The summed E-state index contributed by atoms with van der Waals surface area (Å²) in [6.07, 6.45) is -4.13. The Labute approximate surface area is 174 Å². The fraction of sp³-hybridized carbons (Fsp3) is 0.190. The van der Waals surface area contributed by atoms with Gasteiger partial charge < -0.3 is 19.9 Å². The molecule has 1 aliphatic heterocycles. The topological polar surface area (TPSA) is 93.5 Å². The van der Waals surface area contributed by atoms with Crippen molar-refractivity contribution in [2.24, 2.45) is 0 Å². The van der Waals surface area contributed by atoms with Gasteiger partial charge in [0.05, 0.1) is 11.3 Å². The van der Waals surface area contributed by atoms with Crippen molar-refractivity contribution >= 4 is 17.5 Å². The van der Waals surface area contributed by atoms with E-state index < -0.39 is 29.6 Å². The van der Waals surface area contributed by atoms with E-state index in [1.807, 2.05) is 30.3 Å². The van der Waals surface area contributed by atoms with Crippen LogP contribution in [0.2, 0.25) is 0 Å². The molecule has 0 aliphatic carbocycles. The number of nitrogens with one attached hydrogen (secondary N) is 2. The van der Waals surface area contributed by atoms with Gasteiger partial charge in [0, 0.05) is 12.5 Å². The summed E-state index contributed by atoms with van der Waals surface area (Å²) >= 11 is 0. The van der Waals surface area contributed by atoms with Crippen LogP contribution in [0.1, 0.15) is 27.4 Å². The highest BCUT2D eigenvalue weighted by Crippen LogP contribution is 2.35. The number of aromatic nitrogens is 1. The minimum atomic E-state index is -4.57. The van der Waals surface area contributed by atoms with Crippen LogP contribution in [0.25, 0.3) is 0 Å². The van der Waals surface area contributed by atoms with Crippen molar-refractivity contribution in [2.75, 3.05) is 11.9 Å². The first-order chi connectivity index (χ1) is 14.8. The molecule has 0 bridgehead atoms. The molecule has 0 unspecified atom stereocenters. The number of benzene rings is 2. The van der Waals surface area contributed by atoms with Crippen molar-refractivity contribution in [1.29, 1.82) is 0 Å². The fourth-order valence-electron chi connectivity index (χ4n) is 3.04. The van der Waals surface area contributed by atoms with Crippen LogP contribution in [0.4, 0.5) is 18.9 Å². The molecule has 0 radical (unpaired) electrons. The summed E-state index contributed by atoms with van der Waals surface area (Å²) in [5.41, 5.74) is -0.104. The minimum Gasteiger partial charge on any atom is -0.489 e. The number of halogens is 3. The summed E-state index contributed by atoms with van der Waals surface area (Å²) in [5, 5.41) is 8.54. The number of anilines is 1. The Morgan fingerprint density at radius 1 is 1.16 bits per heavy atom. The van der Waals surface area contributed by atoms with Crippen LogP contribution < -0.4 is 15.4 Å². The van der Waals surface area contributed by atoms with Crippen molar-refractivity contribution in [3.05, 3.63) is 77.2 Å². The maximum Gasteiger partial charge on any atom is 0.416 e. The van der Waals surface area contributed by atoms with Crippen LogP contribution >= 0.6 is 0 Å². The molecule has 1 aliphatic rings. The molecular formula is C21H16F3N3O4. The quantitative estimate of drug-likeness (QED) is 0.661. The fourth-order valence-corrected chi connectivity index (χ4v) is 3.04. The van der Waals surface area contributed by atoms with E-state index in [0.29, 0.717) is 12.2 Å². The summed E-state index contributed by atoms with van der Waals surface area (Å²) < 4.78 is 49.3. The molecular weight excluding hydrogens is 415 g/mol. The second-order valence-corrected chi connectivity index (χ2v) is 6.88. The normalized spacial score (nSPS) is 16.0. The molecule has 160 valence electrons. The number of ether oxygens (including phenoxy) is 1. The van der Waals surface area contributed by atoms with Gasteiger partial charge in [-0.25, -0.2) is 0 Å². The number of rotatable bonds is 4. The van der Waals surface area contributed by atoms with E-state index in [2.05, 4.69) is 15.8 Å². The number of fused-ring (bicyclic) bond motifs is 1. The van der Waals surface area contributed by atoms with Crippen molar-refractivity contribution in [1.82, 2.24) is 10.5 Å². The highest BCUT2D eigenvalue weighted by atomic mass is 19.4. The third-order valence-corrected chi connectivity index (χ3v) is 4.60. The average Bonchev–Trinajstić information content (AvgIpc) is 3.14. The molecule has 2 heterocycles. The first-order valence-corrected chi connectivity index (χ1v) is 9.25. The minimum absolute atomic E-state index is 0.0279. The summed E-state index contributed by atoms with van der Waals surface area (Å²) in [6.45, 7) is -0.259. The van der Waals surface area contributed by atoms with Gasteiger partial charge in [-0.3, -0.25) is 9.59 Å². The molecule has 7 nitrogen and oxygen atoms in total. The van der Waals surface area contributed by atoms with Crippen molar-refractivity contribution < 1.29 is 32.0 Å². The summed E-state index contributed by atoms with van der Waals surface area (Å²) in [4.78, 5) is 24.9. The van der Waals surface area contributed by atoms with E-state index in [9.17, 15) is 22.8 Å². The molecule has 0 fully saturated rings. The smallest absolute Gasteiger partial charge is 0.416 e. The van der Waals surface area contributed by atoms with Gasteiger partial charge in [0.25, 0.3) is 11.8 Å². The van der Waals surface area contributed by atoms with Gasteiger partial charge in [0.2, 0.25) is 0 Å². The third-order valence-electron chi connectivity index (χ3n) is 4.60. The predicted octanol–water partition coefficient (Wildman–Crippen LogP) is 3.41. The lowest BCUT2D eigenvalue weighted by Gasteiger charge is -2.13. The lowest BCUT2D eigenvalue weighted by molar-refractivity contribution is -0.137. The zero-order valence-corrected chi connectivity index (χ0v) is 15.9. The molecule has 31 heavy (non-hydrogen) atoms. The van der Waals surface area contributed by atoms with Gasteiger partial charge in [0.1, 0.15) is 24.2 Å². The first-order valence-electron chi connectivity index (χ1n) is 9.25. The number of nitrogens with zero attached hydrogens (tertiary/aromatic N) is 1. The van der Waals surface area contributed by atoms with Crippen molar-refractivity contribution in [3.8, 4) is 5.75 Å². The molecule has 0 spiro atoms. The van der Waals surface area contributed by atoms with Crippen LogP contribution in [0.15, 0.2) is 59.1 Å². The Bertz CT molecular complexity index is 1110. The number of amides is 2. The number of hydrogen-bond acceptors (Lipinski definition) is 5. The SMILES string of the molecule is O=C(N[C@H]1COc2ccc(C(F)(F)F)cc2NC1=O)c1cc(Cc2ccccc2)on1. The lowest BCUT2D eigenvalue weighted by Crippen LogP contribution is -2.46. The lowest BCUT2D eigenvalue weighted by atomic mass is 10.1. The second kappa shape index (κ2) is 8.13. The molecule has 1 aromatic heterocycles. The van der Waals surface area contributed by atoms with Crippen LogP contribution in [0.3, 0.4) is 0 Å². The highest BCUT2D eigenvalue weighted by molar-refractivity contribution is 6.01. The van der Waals surface area contributed by atoms with Crippen LogP contribution in [0, 0.1) is 0 Å². The summed E-state index contributed by atoms with van der Waals surface area (Å²) in [5.74, 6) is -0.845. The largest absolute Gasteiger partial charge is 0.489 e. The average molecular weight is 431 g/mol. The molecule has 3 aromatic rings. The molecule has 2 aromatic carbocycles. The molecule has 2 N–H and O–H groups in total. The van der Waals surface area contributed by atoms with Gasteiger partial charge in [0.15, 0.2) is 5.69 Å². The monoisotopic (exact) mass is 431 g/mol. The van der Waals surface area contributed by atoms with Crippen LogP contribution in [-0.4, -0.2) is 29.6 Å². The van der Waals surface area contributed by atoms with Crippen LogP contribution in [-0.2, 0) is 17.4 Å². The van der Waals surface area contributed by atoms with E-state index in [0.717, 1.165) is 23.8 Å². The Balaban J connectivity index is 1.43. The predicted molar refractivity (Wildman–Crippen MR) is 103 cm³/mol. The van der Waals surface area contributed by atoms with E-state index in [-0.39, 0.29) is 23.7 Å². The van der Waals surface area contributed by atoms with E-state index in [1.54, 1.807) is 0 Å². The van der Waals surface area contributed by atoms with E-state index in [1.165, 1.54) is 6.07 Å². The number of carbonyl (C=O) groups is 2. The second-order valence-electron chi connectivity index (χ2n) is 6.88. The summed E-state index contributed by atoms with van der Waals surface area (Å²) in [6, 6.07) is 12.5. The van der Waals surface area contributed by atoms with Gasteiger partial charge in [-0.05, 0) is 23.8 Å². The number of alkyl halides is 3. The third kappa shape index (κ3) is 4.68.